The van der Waals surface area contributed by atoms with Crippen molar-refractivity contribution in [1.82, 2.24) is 0 Å². The Morgan fingerprint density at radius 3 is 2.88 bits per heavy atom. The third kappa shape index (κ3) is 1.88. The van der Waals surface area contributed by atoms with E-state index < -0.39 is 5.97 Å². The molecule has 0 saturated heterocycles. The number of methoxy groups -OCH3 is 1. The molecule has 2 N–H and O–H groups in total. The van der Waals surface area contributed by atoms with Gasteiger partial charge in [0.1, 0.15) is 0 Å². The van der Waals surface area contributed by atoms with Crippen molar-refractivity contribution in [3.05, 3.63) is 17.7 Å². The van der Waals surface area contributed by atoms with Gasteiger partial charge in [0.2, 0.25) is 0 Å². The lowest BCUT2D eigenvalue weighted by Crippen LogP contribution is -2.04. The molecule has 0 aliphatic carbocycles. The minimum absolute atomic E-state index is 0.365. The van der Waals surface area contributed by atoms with E-state index in [2.05, 4.69) is 4.74 Å². The van der Waals surface area contributed by atoms with E-state index in [1.54, 1.807) is 6.07 Å². The largest absolute Gasteiger partial charge is 0.489 e. The first-order valence-electron chi connectivity index (χ1n) is 5.00. The third-order valence-electron chi connectivity index (χ3n) is 2.30. The quantitative estimate of drug-likeness (QED) is 0.572. The van der Waals surface area contributed by atoms with Crippen molar-refractivity contribution in [1.29, 1.82) is 0 Å². The maximum atomic E-state index is 11.4. The van der Waals surface area contributed by atoms with Crippen molar-refractivity contribution < 1.29 is 19.0 Å². The van der Waals surface area contributed by atoms with E-state index in [4.69, 9.17) is 15.2 Å². The highest BCUT2D eigenvalue weighted by Crippen LogP contribution is 2.36. The summed E-state index contributed by atoms with van der Waals surface area (Å²) in [6.07, 6.45) is 0.793. The number of carbonyl (C=O) groups is 1. The molecule has 2 rings (SSSR count). The molecule has 0 aromatic heterocycles. The van der Waals surface area contributed by atoms with Gasteiger partial charge in [-0.05, 0) is 12.1 Å². The van der Waals surface area contributed by atoms with Crippen LogP contribution in [0.5, 0.6) is 11.5 Å². The molecule has 0 saturated carbocycles. The molecule has 5 nitrogen and oxygen atoms in total. The average molecular weight is 223 g/mol. The van der Waals surface area contributed by atoms with Crippen molar-refractivity contribution >= 4 is 11.7 Å². The summed E-state index contributed by atoms with van der Waals surface area (Å²) < 4.78 is 15.5. The standard InChI is InChI=1S/C11H13NO4/c1-14-11(13)7-5-8(12)10-9(6-7)15-3-2-4-16-10/h5-6H,2-4,12H2,1H3. The van der Waals surface area contributed by atoms with Crippen LogP contribution in [0.2, 0.25) is 0 Å². The van der Waals surface area contributed by atoms with Crippen LogP contribution in [0.1, 0.15) is 16.8 Å². The van der Waals surface area contributed by atoms with Gasteiger partial charge < -0.3 is 19.9 Å². The molecule has 0 radical (unpaired) electrons. The van der Waals surface area contributed by atoms with Gasteiger partial charge in [-0.15, -0.1) is 0 Å². The predicted octanol–water partition coefficient (Wildman–Crippen LogP) is 1.22. The number of fused-ring (bicyclic) bond motifs is 1. The molecule has 1 heterocycles. The van der Waals surface area contributed by atoms with Crippen LogP contribution in [-0.4, -0.2) is 26.3 Å². The second kappa shape index (κ2) is 4.30. The van der Waals surface area contributed by atoms with E-state index in [1.807, 2.05) is 0 Å². The molecule has 0 bridgehead atoms. The fourth-order valence-corrected chi connectivity index (χ4v) is 1.54. The van der Waals surface area contributed by atoms with Crippen LogP contribution in [0.25, 0.3) is 0 Å². The van der Waals surface area contributed by atoms with Crippen molar-refractivity contribution in [2.24, 2.45) is 0 Å². The van der Waals surface area contributed by atoms with Crippen molar-refractivity contribution in [3.8, 4) is 11.5 Å². The monoisotopic (exact) mass is 223 g/mol. The Morgan fingerprint density at radius 1 is 1.38 bits per heavy atom. The summed E-state index contributed by atoms with van der Waals surface area (Å²) in [5.74, 6) is 0.561. The Hall–Kier alpha value is -1.91. The summed E-state index contributed by atoms with van der Waals surface area (Å²) in [7, 11) is 1.32. The molecule has 86 valence electrons. The van der Waals surface area contributed by atoms with Gasteiger partial charge in [-0.2, -0.15) is 0 Å². The van der Waals surface area contributed by atoms with Crippen LogP contribution < -0.4 is 15.2 Å². The number of ether oxygens (including phenoxy) is 3. The predicted molar refractivity (Wildman–Crippen MR) is 57.8 cm³/mol. The second-order valence-electron chi connectivity index (χ2n) is 3.43. The first-order valence-corrected chi connectivity index (χ1v) is 5.00. The summed E-state index contributed by atoms with van der Waals surface area (Å²) in [6, 6.07) is 3.11. The molecule has 1 aromatic carbocycles. The Balaban J connectivity index is 2.43. The van der Waals surface area contributed by atoms with Crippen LogP contribution in [0, 0.1) is 0 Å². The van der Waals surface area contributed by atoms with Gasteiger partial charge in [-0.1, -0.05) is 0 Å². The second-order valence-corrected chi connectivity index (χ2v) is 3.43. The molecule has 0 fully saturated rings. The third-order valence-corrected chi connectivity index (χ3v) is 2.30. The van der Waals surface area contributed by atoms with Gasteiger partial charge in [-0.3, -0.25) is 0 Å². The zero-order valence-electron chi connectivity index (χ0n) is 8.99. The molecular weight excluding hydrogens is 210 g/mol. The number of nitrogens with two attached hydrogens (primary N) is 1. The van der Waals surface area contributed by atoms with E-state index in [0.717, 1.165) is 6.42 Å². The minimum atomic E-state index is -0.442. The maximum absolute atomic E-state index is 11.4. The first-order chi connectivity index (χ1) is 7.72. The van der Waals surface area contributed by atoms with Gasteiger partial charge in [0.25, 0.3) is 0 Å². The lowest BCUT2D eigenvalue weighted by Gasteiger charge is -2.11. The number of rotatable bonds is 1. The van der Waals surface area contributed by atoms with Gasteiger partial charge in [-0.25, -0.2) is 4.79 Å². The smallest absolute Gasteiger partial charge is 0.338 e. The summed E-state index contributed by atoms with van der Waals surface area (Å²) in [6.45, 7) is 1.12. The normalized spacial score (nSPS) is 14.1. The molecule has 1 aliphatic heterocycles. The van der Waals surface area contributed by atoms with Crippen molar-refractivity contribution in [2.45, 2.75) is 6.42 Å². The molecule has 1 aliphatic rings. The van der Waals surface area contributed by atoms with Crippen LogP contribution in [-0.2, 0) is 4.74 Å². The number of benzene rings is 1. The van der Waals surface area contributed by atoms with E-state index in [1.165, 1.54) is 13.2 Å². The summed E-state index contributed by atoms with van der Waals surface area (Å²) >= 11 is 0. The Bertz CT molecular complexity index is 417. The molecule has 0 unspecified atom stereocenters. The van der Waals surface area contributed by atoms with Gasteiger partial charge >= 0.3 is 5.97 Å². The molecule has 0 amide bonds. The topological polar surface area (TPSA) is 70.8 Å². The Kier molecular flexibility index (Phi) is 2.85. The lowest BCUT2D eigenvalue weighted by atomic mass is 10.1. The van der Waals surface area contributed by atoms with E-state index in [-0.39, 0.29) is 0 Å². The zero-order valence-corrected chi connectivity index (χ0v) is 8.99. The minimum Gasteiger partial charge on any atom is -0.489 e. The van der Waals surface area contributed by atoms with Crippen LogP contribution in [0.3, 0.4) is 0 Å². The number of anilines is 1. The maximum Gasteiger partial charge on any atom is 0.338 e. The highest BCUT2D eigenvalue weighted by Gasteiger charge is 2.17. The summed E-state index contributed by atoms with van der Waals surface area (Å²) in [5.41, 5.74) is 6.55. The number of esters is 1. The van der Waals surface area contributed by atoms with Gasteiger partial charge in [0.05, 0.1) is 31.6 Å². The average Bonchev–Trinajstić information content (AvgIpc) is 2.53. The fraction of sp³-hybridized carbons (Fsp3) is 0.364. The molecule has 0 spiro atoms. The molecular formula is C11H13NO4. The summed E-state index contributed by atoms with van der Waals surface area (Å²) in [4.78, 5) is 11.4. The fourth-order valence-electron chi connectivity index (χ4n) is 1.54. The molecule has 16 heavy (non-hydrogen) atoms. The van der Waals surface area contributed by atoms with Gasteiger partial charge in [0, 0.05) is 6.42 Å². The highest BCUT2D eigenvalue weighted by molar-refractivity contribution is 5.92. The number of hydrogen-bond donors (Lipinski definition) is 1. The van der Waals surface area contributed by atoms with Crippen LogP contribution >= 0.6 is 0 Å². The Morgan fingerprint density at radius 2 is 2.12 bits per heavy atom. The number of hydrogen-bond acceptors (Lipinski definition) is 5. The van der Waals surface area contributed by atoms with Crippen molar-refractivity contribution in [3.63, 3.8) is 0 Å². The van der Waals surface area contributed by atoms with Gasteiger partial charge in [0.15, 0.2) is 11.5 Å². The number of carbonyl (C=O) groups excluding carboxylic acids is 1. The summed E-state index contributed by atoms with van der Waals surface area (Å²) in [5, 5.41) is 0. The van der Waals surface area contributed by atoms with Crippen LogP contribution in [0.15, 0.2) is 12.1 Å². The molecule has 5 heteroatoms. The molecule has 1 aromatic rings. The number of nitrogen functional groups attached to an aromatic ring is 1. The first kappa shape index (κ1) is 10.6. The van der Waals surface area contributed by atoms with Crippen molar-refractivity contribution in [2.75, 3.05) is 26.1 Å². The Labute approximate surface area is 93.1 Å². The lowest BCUT2D eigenvalue weighted by molar-refractivity contribution is 0.0600. The molecule has 0 atom stereocenters. The van der Waals surface area contributed by atoms with E-state index >= 15 is 0 Å². The SMILES string of the molecule is COC(=O)c1cc(N)c2c(c1)OCCCO2. The zero-order chi connectivity index (χ0) is 11.5. The van der Waals surface area contributed by atoms with Crippen LogP contribution in [0.4, 0.5) is 5.69 Å². The van der Waals surface area contributed by atoms with E-state index in [0.29, 0.717) is 36.0 Å². The van der Waals surface area contributed by atoms with E-state index in [9.17, 15) is 4.79 Å². The highest BCUT2D eigenvalue weighted by atomic mass is 16.5.